The first-order valence-corrected chi connectivity index (χ1v) is 7.81. The number of nitrogens with zero attached hydrogens (tertiary/aromatic N) is 1. The molecule has 0 saturated carbocycles. The van der Waals surface area contributed by atoms with Crippen LogP contribution < -0.4 is 4.74 Å². The number of hydrogen-bond donors (Lipinski definition) is 0. The fourth-order valence-corrected chi connectivity index (χ4v) is 2.64. The van der Waals surface area contributed by atoms with Gasteiger partial charge in [0.25, 0.3) is 0 Å². The van der Waals surface area contributed by atoms with Crippen molar-refractivity contribution in [3.8, 4) is 5.75 Å². The normalized spacial score (nSPS) is 11.2. The van der Waals surface area contributed by atoms with E-state index in [2.05, 4.69) is 11.0 Å². The molecular formula is C20H21ClFNO2. The molecule has 0 atom stereocenters. The van der Waals surface area contributed by atoms with E-state index in [0.717, 1.165) is 23.1 Å². The molecule has 0 bridgehead atoms. The van der Waals surface area contributed by atoms with Crippen LogP contribution in [0.3, 0.4) is 0 Å². The molecule has 0 unspecified atom stereocenters. The molecular weight excluding hydrogens is 341 g/mol. The van der Waals surface area contributed by atoms with Crippen LogP contribution in [0.1, 0.15) is 11.1 Å². The summed E-state index contributed by atoms with van der Waals surface area (Å²) >= 11 is 0. The number of halogens is 2. The molecule has 1 aromatic heterocycles. The van der Waals surface area contributed by atoms with Gasteiger partial charge in [0.1, 0.15) is 17.1 Å². The zero-order valence-electron chi connectivity index (χ0n) is 14.2. The second kappa shape index (κ2) is 8.70. The van der Waals surface area contributed by atoms with Gasteiger partial charge in [-0.25, -0.2) is 4.39 Å². The highest BCUT2D eigenvalue weighted by Crippen LogP contribution is 2.22. The van der Waals surface area contributed by atoms with E-state index in [1.807, 2.05) is 31.3 Å². The minimum Gasteiger partial charge on any atom is -0.497 e. The third-order valence-corrected chi connectivity index (χ3v) is 3.92. The minimum atomic E-state index is -0.283. The molecule has 0 spiro atoms. The Morgan fingerprint density at radius 1 is 1.20 bits per heavy atom. The van der Waals surface area contributed by atoms with Crippen molar-refractivity contribution in [1.29, 1.82) is 0 Å². The Morgan fingerprint density at radius 2 is 2.00 bits per heavy atom. The SMILES string of the molecule is COc1ccc(/C=C/CN(C)Cc2coc3ccccc23)c(F)c1.Cl. The van der Waals surface area contributed by atoms with E-state index < -0.39 is 0 Å². The van der Waals surface area contributed by atoms with Crippen molar-refractivity contribution in [1.82, 2.24) is 4.90 Å². The Balaban J connectivity index is 0.00000225. The first kappa shape index (κ1) is 19.0. The summed E-state index contributed by atoms with van der Waals surface area (Å²) in [7, 11) is 3.55. The number of furan rings is 1. The number of benzene rings is 2. The van der Waals surface area contributed by atoms with Crippen molar-refractivity contribution in [2.24, 2.45) is 0 Å². The van der Waals surface area contributed by atoms with Gasteiger partial charge in [0.05, 0.1) is 13.4 Å². The highest BCUT2D eigenvalue weighted by Gasteiger charge is 2.07. The fraction of sp³-hybridized carbons (Fsp3) is 0.200. The van der Waals surface area contributed by atoms with Gasteiger partial charge in [-0.1, -0.05) is 30.4 Å². The number of hydrogen-bond acceptors (Lipinski definition) is 3. The molecule has 5 heteroatoms. The molecule has 3 rings (SSSR count). The van der Waals surface area contributed by atoms with Crippen molar-refractivity contribution in [3.05, 3.63) is 71.7 Å². The second-order valence-corrected chi connectivity index (χ2v) is 5.74. The van der Waals surface area contributed by atoms with Crippen LogP contribution >= 0.6 is 12.4 Å². The van der Waals surface area contributed by atoms with E-state index in [-0.39, 0.29) is 18.2 Å². The number of para-hydroxylation sites is 1. The van der Waals surface area contributed by atoms with Gasteiger partial charge in [-0.3, -0.25) is 4.90 Å². The summed E-state index contributed by atoms with van der Waals surface area (Å²) in [5.74, 6) is 0.239. The molecule has 1 heterocycles. The van der Waals surface area contributed by atoms with Crippen LogP contribution in [-0.2, 0) is 6.54 Å². The Hall–Kier alpha value is -2.30. The summed E-state index contributed by atoms with van der Waals surface area (Å²) in [5, 5.41) is 1.13. The van der Waals surface area contributed by atoms with Crippen LogP contribution in [0.2, 0.25) is 0 Å². The third kappa shape index (κ3) is 4.62. The van der Waals surface area contributed by atoms with Crippen LogP contribution in [-0.4, -0.2) is 25.6 Å². The Morgan fingerprint density at radius 3 is 2.76 bits per heavy atom. The van der Waals surface area contributed by atoms with Gasteiger partial charge >= 0.3 is 0 Å². The number of rotatable bonds is 6. The highest BCUT2D eigenvalue weighted by atomic mass is 35.5. The van der Waals surface area contributed by atoms with E-state index in [0.29, 0.717) is 17.9 Å². The smallest absolute Gasteiger partial charge is 0.134 e. The lowest BCUT2D eigenvalue weighted by Crippen LogP contribution is -2.17. The maximum Gasteiger partial charge on any atom is 0.134 e. The van der Waals surface area contributed by atoms with Crippen molar-refractivity contribution < 1.29 is 13.5 Å². The summed E-state index contributed by atoms with van der Waals surface area (Å²) in [5.41, 5.74) is 2.60. The average molecular weight is 362 g/mol. The summed E-state index contributed by atoms with van der Waals surface area (Å²) in [6, 6.07) is 12.9. The monoisotopic (exact) mass is 361 g/mol. The predicted octanol–water partition coefficient (Wildman–Crippen LogP) is 5.15. The molecule has 0 N–H and O–H groups in total. The summed E-state index contributed by atoms with van der Waals surface area (Å²) < 4.78 is 24.4. The van der Waals surface area contributed by atoms with Gasteiger partial charge < -0.3 is 9.15 Å². The van der Waals surface area contributed by atoms with Gasteiger partial charge in [0, 0.05) is 35.7 Å². The van der Waals surface area contributed by atoms with Crippen molar-refractivity contribution in [2.75, 3.05) is 20.7 Å². The number of methoxy groups -OCH3 is 1. The van der Waals surface area contributed by atoms with Crippen molar-refractivity contribution >= 4 is 29.5 Å². The number of likely N-dealkylation sites (N-methyl/N-ethyl adjacent to an activating group) is 1. The zero-order chi connectivity index (χ0) is 16.9. The summed E-state index contributed by atoms with van der Waals surface area (Å²) in [4.78, 5) is 2.15. The van der Waals surface area contributed by atoms with Crippen LogP contribution in [0.15, 0.2) is 59.2 Å². The molecule has 3 aromatic rings. The van der Waals surface area contributed by atoms with Crippen LogP contribution in [0.4, 0.5) is 4.39 Å². The lowest BCUT2D eigenvalue weighted by Gasteiger charge is -2.13. The number of ether oxygens (including phenoxy) is 1. The first-order chi connectivity index (χ1) is 11.7. The molecule has 2 aromatic carbocycles. The van der Waals surface area contributed by atoms with Crippen molar-refractivity contribution in [2.45, 2.75) is 6.54 Å². The maximum atomic E-state index is 13.9. The van der Waals surface area contributed by atoms with Gasteiger partial charge in [-0.05, 0) is 25.2 Å². The topological polar surface area (TPSA) is 25.6 Å². The Bertz CT molecular complexity index is 860. The Kier molecular flexibility index (Phi) is 6.62. The van der Waals surface area contributed by atoms with Gasteiger partial charge in [0.15, 0.2) is 0 Å². The molecule has 0 amide bonds. The summed E-state index contributed by atoms with van der Waals surface area (Å²) in [6.45, 7) is 1.48. The van der Waals surface area contributed by atoms with Crippen LogP contribution in [0, 0.1) is 5.82 Å². The quantitative estimate of drug-likeness (QED) is 0.607. The van der Waals surface area contributed by atoms with E-state index in [9.17, 15) is 4.39 Å². The third-order valence-electron chi connectivity index (χ3n) is 3.92. The first-order valence-electron chi connectivity index (χ1n) is 7.81. The molecule has 0 aliphatic heterocycles. The van der Waals surface area contributed by atoms with E-state index in [1.165, 1.54) is 13.2 Å². The minimum absolute atomic E-state index is 0. The van der Waals surface area contributed by atoms with E-state index in [4.69, 9.17) is 9.15 Å². The molecule has 0 aliphatic carbocycles. The molecule has 3 nitrogen and oxygen atoms in total. The molecule has 25 heavy (non-hydrogen) atoms. The van der Waals surface area contributed by atoms with E-state index >= 15 is 0 Å². The van der Waals surface area contributed by atoms with E-state index in [1.54, 1.807) is 24.5 Å². The molecule has 0 fully saturated rings. The number of fused-ring (bicyclic) bond motifs is 1. The van der Waals surface area contributed by atoms with Gasteiger partial charge in [-0.2, -0.15) is 0 Å². The highest BCUT2D eigenvalue weighted by molar-refractivity contribution is 5.85. The fourth-order valence-electron chi connectivity index (χ4n) is 2.64. The second-order valence-electron chi connectivity index (χ2n) is 5.74. The lowest BCUT2D eigenvalue weighted by molar-refractivity contribution is 0.363. The van der Waals surface area contributed by atoms with Crippen LogP contribution in [0.25, 0.3) is 17.0 Å². The molecule has 0 radical (unpaired) electrons. The molecule has 0 saturated heterocycles. The Labute approximate surface area is 153 Å². The molecule has 132 valence electrons. The summed E-state index contributed by atoms with van der Waals surface area (Å²) in [6.07, 6.45) is 5.54. The van der Waals surface area contributed by atoms with Gasteiger partial charge in [-0.15, -0.1) is 12.4 Å². The zero-order valence-corrected chi connectivity index (χ0v) is 15.1. The average Bonchev–Trinajstić information content (AvgIpc) is 2.99. The lowest BCUT2D eigenvalue weighted by atomic mass is 10.1. The predicted molar refractivity (Wildman–Crippen MR) is 102 cm³/mol. The standard InChI is InChI=1S/C20H20FNO2.ClH/c1-22(13-16-14-24-20-8-4-3-7-18(16)20)11-5-6-15-9-10-17(23-2)12-19(15)21;/h3-10,12,14H,11,13H2,1-2H3;1H/b6-5+;. The van der Waals surface area contributed by atoms with Gasteiger partial charge in [0.2, 0.25) is 0 Å². The van der Waals surface area contributed by atoms with Crippen molar-refractivity contribution in [3.63, 3.8) is 0 Å². The largest absolute Gasteiger partial charge is 0.497 e. The van der Waals surface area contributed by atoms with Crippen LogP contribution in [0.5, 0.6) is 5.75 Å². The molecule has 0 aliphatic rings. The maximum absolute atomic E-state index is 13.9.